The van der Waals surface area contributed by atoms with Gasteiger partial charge in [0.1, 0.15) is 0 Å². The Bertz CT molecular complexity index is 990. The van der Waals surface area contributed by atoms with E-state index >= 15 is 0 Å². The highest BCUT2D eigenvalue weighted by Gasteiger charge is 2.17. The van der Waals surface area contributed by atoms with Gasteiger partial charge in [-0.2, -0.15) is 0 Å². The molecule has 2 N–H and O–H groups in total. The van der Waals surface area contributed by atoms with Crippen LogP contribution < -0.4 is 21.4 Å². The zero-order valence-electron chi connectivity index (χ0n) is 13.2. The first-order chi connectivity index (χ1) is 11.3. The molecule has 0 atom stereocenters. The van der Waals surface area contributed by atoms with Crippen LogP contribution in [0.4, 0.5) is 0 Å². The van der Waals surface area contributed by atoms with Crippen LogP contribution in [-0.4, -0.2) is 32.0 Å². The van der Waals surface area contributed by atoms with E-state index in [1.807, 2.05) is 0 Å². The molecule has 0 aliphatic carbocycles. The SMILES string of the molecule is CCn1c(=O)oc(=O)c2cc(S(=O)(=O)NCCNC(C)=O)ccc21. The Morgan fingerprint density at radius 3 is 2.58 bits per heavy atom. The van der Waals surface area contributed by atoms with Crippen LogP contribution in [0.2, 0.25) is 0 Å². The summed E-state index contributed by atoms with van der Waals surface area (Å²) >= 11 is 0. The summed E-state index contributed by atoms with van der Waals surface area (Å²) < 4.78 is 32.6. The molecule has 0 fully saturated rings. The Morgan fingerprint density at radius 2 is 1.96 bits per heavy atom. The van der Waals surface area contributed by atoms with Gasteiger partial charge < -0.3 is 9.73 Å². The minimum atomic E-state index is -3.87. The summed E-state index contributed by atoms with van der Waals surface area (Å²) in [6, 6.07) is 3.85. The molecular formula is C14H17N3O6S. The molecule has 0 saturated carbocycles. The first-order valence-corrected chi connectivity index (χ1v) is 8.66. The van der Waals surface area contributed by atoms with Gasteiger partial charge >= 0.3 is 11.4 Å². The standard InChI is InChI=1S/C14H17N3O6S/c1-3-17-12-5-4-10(8-11(12)13(19)23-14(17)20)24(21,22)16-7-6-15-9(2)18/h4-5,8,16H,3,6-7H2,1-2H3,(H,15,18). The molecule has 2 aromatic rings. The number of carbonyl (C=O) groups is 1. The van der Waals surface area contributed by atoms with Crippen LogP contribution in [0.3, 0.4) is 0 Å². The maximum absolute atomic E-state index is 12.2. The van der Waals surface area contributed by atoms with E-state index in [1.54, 1.807) is 6.92 Å². The third kappa shape index (κ3) is 3.71. The molecule has 0 radical (unpaired) electrons. The van der Waals surface area contributed by atoms with Crippen molar-refractivity contribution < 1.29 is 17.6 Å². The van der Waals surface area contributed by atoms with Crippen LogP contribution in [0.25, 0.3) is 10.9 Å². The third-order valence-electron chi connectivity index (χ3n) is 3.30. The topological polar surface area (TPSA) is 127 Å². The fraction of sp³-hybridized carbons (Fsp3) is 0.357. The van der Waals surface area contributed by atoms with E-state index in [9.17, 15) is 22.8 Å². The fourth-order valence-electron chi connectivity index (χ4n) is 2.18. The van der Waals surface area contributed by atoms with Crippen molar-refractivity contribution in [3.8, 4) is 0 Å². The van der Waals surface area contributed by atoms with Crippen LogP contribution >= 0.6 is 0 Å². The van der Waals surface area contributed by atoms with E-state index < -0.39 is 21.4 Å². The normalized spacial score (nSPS) is 11.6. The number of hydrogen-bond donors (Lipinski definition) is 2. The number of benzene rings is 1. The van der Waals surface area contributed by atoms with E-state index in [0.29, 0.717) is 5.52 Å². The monoisotopic (exact) mass is 355 g/mol. The second-order valence-corrected chi connectivity index (χ2v) is 6.73. The number of sulfonamides is 1. The van der Waals surface area contributed by atoms with Gasteiger partial charge in [-0.1, -0.05) is 0 Å². The average molecular weight is 355 g/mol. The Morgan fingerprint density at radius 1 is 1.25 bits per heavy atom. The van der Waals surface area contributed by atoms with Crippen molar-refractivity contribution in [3.63, 3.8) is 0 Å². The predicted molar refractivity (Wildman–Crippen MR) is 86.3 cm³/mol. The van der Waals surface area contributed by atoms with Gasteiger partial charge in [-0.05, 0) is 25.1 Å². The first kappa shape index (κ1) is 17.9. The number of carbonyl (C=O) groups excluding carboxylic acids is 1. The number of aromatic nitrogens is 1. The molecule has 1 aromatic carbocycles. The van der Waals surface area contributed by atoms with Crippen molar-refractivity contribution in [1.82, 2.24) is 14.6 Å². The minimum absolute atomic E-state index is 0.00110. The van der Waals surface area contributed by atoms with Crippen molar-refractivity contribution in [2.75, 3.05) is 13.1 Å². The van der Waals surface area contributed by atoms with Gasteiger partial charge in [-0.15, -0.1) is 0 Å². The molecule has 9 nitrogen and oxygen atoms in total. The van der Waals surface area contributed by atoms with Gasteiger partial charge in [0.15, 0.2) is 0 Å². The van der Waals surface area contributed by atoms with E-state index in [1.165, 1.54) is 23.6 Å². The molecule has 2 rings (SSSR count). The van der Waals surface area contributed by atoms with Gasteiger partial charge in [0, 0.05) is 26.6 Å². The molecule has 0 saturated heterocycles. The smallest absolute Gasteiger partial charge is 0.372 e. The maximum Gasteiger partial charge on any atom is 0.422 e. The van der Waals surface area contributed by atoms with Crippen LogP contribution in [0, 0.1) is 0 Å². The van der Waals surface area contributed by atoms with E-state index in [-0.39, 0.29) is 35.8 Å². The number of hydrogen-bond acceptors (Lipinski definition) is 6. The van der Waals surface area contributed by atoms with Crippen LogP contribution in [0.1, 0.15) is 13.8 Å². The van der Waals surface area contributed by atoms with E-state index in [4.69, 9.17) is 0 Å². The second-order valence-electron chi connectivity index (χ2n) is 4.96. The van der Waals surface area contributed by atoms with Crippen molar-refractivity contribution in [2.24, 2.45) is 0 Å². The summed E-state index contributed by atoms with van der Waals surface area (Å²) in [5.41, 5.74) is -0.592. The Labute approximate surface area is 137 Å². The maximum atomic E-state index is 12.2. The number of nitrogens with one attached hydrogen (secondary N) is 2. The van der Waals surface area contributed by atoms with E-state index in [2.05, 4.69) is 14.5 Å². The van der Waals surface area contributed by atoms with Gasteiger partial charge in [0.05, 0.1) is 15.8 Å². The van der Waals surface area contributed by atoms with Crippen LogP contribution in [-0.2, 0) is 21.4 Å². The van der Waals surface area contributed by atoms with E-state index in [0.717, 1.165) is 6.07 Å². The first-order valence-electron chi connectivity index (χ1n) is 7.18. The number of amides is 1. The molecular weight excluding hydrogens is 338 g/mol. The predicted octanol–water partition coefficient (Wildman–Crippen LogP) is -0.611. The summed E-state index contributed by atoms with van der Waals surface area (Å²) in [6.45, 7) is 3.45. The van der Waals surface area contributed by atoms with Gasteiger partial charge in [0.25, 0.3) is 0 Å². The number of fused-ring (bicyclic) bond motifs is 1. The fourth-order valence-corrected chi connectivity index (χ4v) is 3.23. The number of rotatable bonds is 6. The van der Waals surface area contributed by atoms with Gasteiger partial charge in [-0.3, -0.25) is 9.36 Å². The lowest BCUT2D eigenvalue weighted by molar-refractivity contribution is -0.118. The lowest BCUT2D eigenvalue weighted by Gasteiger charge is -2.09. The zero-order valence-corrected chi connectivity index (χ0v) is 14.0. The minimum Gasteiger partial charge on any atom is -0.372 e. The Balaban J connectivity index is 2.38. The molecule has 0 aliphatic rings. The third-order valence-corrected chi connectivity index (χ3v) is 4.76. The molecule has 1 aromatic heterocycles. The molecule has 0 spiro atoms. The average Bonchev–Trinajstić information content (AvgIpc) is 2.51. The molecule has 0 unspecified atom stereocenters. The lowest BCUT2D eigenvalue weighted by Crippen LogP contribution is -2.33. The molecule has 0 bridgehead atoms. The molecule has 24 heavy (non-hydrogen) atoms. The summed E-state index contributed by atoms with van der Waals surface area (Å²) in [4.78, 5) is 34.1. The van der Waals surface area contributed by atoms with Crippen molar-refractivity contribution in [1.29, 1.82) is 0 Å². The van der Waals surface area contributed by atoms with Gasteiger partial charge in [0.2, 0.25) is 15.9 Å². The van der Waals surface area contributed by atoms with Crippen molar-refractivity contribution >= 4 is 26.8 Å². The summed E-state index contributed by atoms with van der Waals surface area (Å²) in [7, 11) is -3.87. The molecule has 10 heteroatoms. The highest BCUT2D eigenvalue weighted by atomic mass is 32.2. The zero-order chi connectivity index (χ0) is 17.9. The quantitative estimate of drug-likeness (QED) is 0.665. The van der Waals surface area contributed by atoms with Crippen molar-refractivity contribution in [3.05, 3.63) is 39.2 Å². The molecule has 1 amide bonds. The summed E-state index contributed by atoms with van der Waals surface area (Å²) in [5.74, 6) is -1.06. The molecule has 130 valence electrons. The van der Waals surface area contributed by atoms with Gasteiger partial charge in [-0.25, -0.2) is 22.7 Å². The largest absolute Gasteiger partial charge is 0.422 e. The summed E-state index contributed by atoms with van der Waals surface area (Å²) in [6.07, 6.45) is 0. The number of nitrogens with zero attached hydrogens (tertiary/aromatic N) is 1. The van der Waals surface area contributed by atoms with Crippen LogP contribution in [0.5, 0.6) is 0 Å². The summed E-state index contributed by atoms with van der Waals surface area (Å²) in [5, 5.41) is 2.46. The van der Waals surface area contributed by atoms with Crippen molar-refractivity contribution in [2.45, 2.75) is 25.3 Å². The Kier molecular flexibility index (Phi) is 5.20. The molecule has 0 aliphatic heterocycles. The lowest BCUT2D eigenvalue weighted by atomic mass is 10.2. The van der Waals surface area contributed by atoms with Crippen LogP contribution in [0.15, 0.2) is 37.1 Å². The Hall–Kier alpha value is -2.46. The highest BCUT2D eigenvalue weighted by Crippen LogP contribution is 2.15. The highest BCUT2D eigenvalue weighted by molar-refractivity contribution is 7.89. The molecule has 1 heterocycles. The second kappa shape index (κ2) is 6.97. The number of aryl methyl sites for hydroxylation is 1.